The molecule has 0 saturated heterocycles. The summed E-state index contributed by atoms with van der Waals surface area (Å²) in [5.41, 5.74) is 3.10. The van der Waals surface area contributed by atoms with E-state index in [0.717, 1.165) is 34.6 Å². The van der Waals surface area contributed by atoms with Crippen molar-refractivity contribution in [3.8, 4) is 0 Å². The van der Waals surface area contributed by atoms with Crippen LogP contribution < -0.4 is 0 Å². The van der Waals surface area contributed by atoms with Gasteiger partial charge in [0.1, 0.15) is 0 Å². The average molecular weight is 195 g/mol. The smallest absolute Gasteiger partial charge is 0.163 e. The van der Waals surface area contributed by atoms with Gasteiger partial charge >= 0.3 is 0 Å². The Morgan fingerprint density at radius 1 is 1.38 bits per heavy atom. The van der Waals surface area contributed by atoms with Gasteiger partial charge in [0.25, 0.3) is 0 Å². The first-order valence-electron chi connectivity index (χ1n) is 4.57. The third kappa shape index (κ3) is 1.28. The predicted molar refractivity (Wildman–Crippen MR) is 53.5 cm³/mol. The Kier molecular flexibility index (Phi) is 2.12. The number of hydrogen-bond acceptors (Lipinski definition) is 1. The minimum absolute atomic E-state index is 0.259. The highest BCUT2D eigenvalue weighted by atomic mass is 35.5. The zero-order chi connectivity index (χ0) is 9.42. The van der Waals surface area contributed by atoms with Crippen LogP contribution in [0.1, 0.15) is 34.8 Å². The predicted octanol–water partition coefficient (Wildman–Crippen LogP) is 3.03. The topological polar surface area (TPSA) is 17.1 Å². The molecule has 0 atom stereocenters. The summed E-state index contributed by atoms with van der Waals surface area (Å²) in [6.45, 7) is 2.06. The summed E-state index contributed by atoms with van der Waals surface area (Å²) in [6.07, 6.45) is 2.36. The van der Waals surface area contributed by atoms with Crippen LogP contribution in [0.2, 0.25) is 5.02 Å². The van der Waals surface area contributed by atoms with Crippen molar-refractivity contribution in [2.75, 3.05) is 0 Å². The van der Waals surface area contributed by atoms with Crippen molar-refractivity contribution in [2.45, 2.75) is 26.2 Å². The molecular weight excluding hydrogens is 184 g/mol. The van der Waals surface area contributed by atoms with Gasteiger partial charge in [-0.2, -0.15) is 0 Å². The third-order valence-electron chi connectivity index (χ3n) is 2.60. The van der Waals surface area contributed by atoms with Gasteiger partial charge in [0.05, 0.1) is 0 Å². The van der Waals surface area contributed by atoms with Crippen LogP contribution in [0.4, 0.5) is 0 Å². The molecule has 0 aromatic heterocycles. The van der Waals surface area contributed by atoms with E-state index >= 15 is 0 Å². The van der Waals surface area contributed by atoms with Crippen molar-refractivity contribution >= 4 is 17.4 Å². The minimum atomic E-state index is 0.259. The van der Waals surface area contributed by atoms with Crippen molar-refractivity contribution in [1.82, 2.24) is 0 Å². The highest BCUT2D eigenvalue weighted by Crippen LogP contribution is 2.31. The minimum Gasteiger partial charge on any atom is -0.294 e. The molecule has 0 N–H and O–H groups in total. The summed E-state index contributed by atoms with van der Waals surface area (Å²) in [6, 6.07) is 3.86. The maximum Gasteiger partial charge on any atom is 0.163 e. The van der Waals surface area contributed by atoms with Gasteiger partial charge in [0.2, 0.25) is 0 Å². The molecule has 1 aromatic carbocycles. The highest BCUT2D eigenvalue weighted by molar-refractivity contribution is 6.32. The maximum atomic E-state index is 11.5. The number of fused-ring (bicyclic) bond motifs is 1. The summed E-state index contributed by atoms with van der Waals surface area (Å²) in [5.74, 6) is 0.259. The summed E-state index contributed by atoms with van der Waals surface area (Å²) >= 11 is 6.01. The fourth-order valence-corrected chi connectivity index (χ4v) is 2.17. The second-order valence-corrected chi connectivity index (χ2v) is 3.74. The average Bonchev–Trinajstić information content (AvgIpc) is 2.51. The second-order valence-electron chi connectivity index (χ2n) is 3.34. The number of halogens is 1. The van der Waals surface area contributed by atoms with Gasteiger partial charge in [0, 0.05) is 17.0 Å². The molecule has 0 amide bonds. The number of Topliss-reactive ketones (excluding diaryl/α,β-unsaturated/α-hetero) is 1. The zero-order valence-electron chi connectivity index (χ0n) is 7.56. The van der Waals surface area contributed by atoms with E-state index in [4.69, 9.17) is 11.6 Å². The molecular formula is C11H11ClO. The van der Waals surface area contributed by atoms with Gasteiger partial charge in [-0.3, -0.25) is 4.79 Å². The van der Waals surface area contributed by atoms with E-state index in [0.29, 0.717) is 6.42 Å². The number of benzene rings is 1. The molecule has 2 rings (SSSR count). The van der Waals surface area contributed by atoms with Gasteiger partial charge in [-0.15, -0.1) is 0 Å². The van der Waals surface area contributed by atoms with Crippen LogP contribution in [0.25, 0.3) is 0 Å². The van der Waals surface area contributed by atoms with Crippen molar-refractivity contribution in [2.24, 2.45) is 0 Å². The van der Waals surface area contributed by atoms with Crippen LogP contribution in [0.3, 0.4) is 0 Å². The Balaban J connectivity index is 2.66. The van der Waals surface area contributed by atoms with E-state index in [2.05, 4.69) is 6.92 Å². The molecule has 0 fully saturated rings. The Bertz CT molecular complexity index is 369. The van der Waals surface area contributed by atoms with Crippen molar-refractivity contribution in [1.29, 1.82) is 0 Å². The number of carbonyl (C=O) groups excluding carboxylic acids is 1. The van der Waals surface area contributed by atoms with E-state index in [1.165, 1.54) is 0 Å². The summed E-state index contributed by atoms with van der Waals surface area (Å²) < 4.78 is 0. The molecule has 0 unspecified atom stereocenters. The fourth-order valence-electron chi connectivity index (χ4n) is 1.92. The first-order valence-corrected chi connectivity index (χ1v) is 4.95. The fraction of sp³-hybridized carbons (Fsp3) is 0.364. The number of carbonyl (C=O) groups is 1. The Labute approximate surface area is 82.7 Å². The molecule has 2 heteroatoms. The van der Waals surface area contributed by atoms with Crippen LogP contribution in [-0.4, -0.2) is 5.78 Å². The number of hydrogen-bond donors (Lipinski definition) is 0. The standard InChI is InChI=1S/C11H11ClO/c1-2-7-3-5-9(12)8-4-6-10(13)11(7)8/h3,5H,2,4,6H2,1H3. The van der Waals surface area contributed by atoms with Crippen LogP contribution >= 0.6 is 11.6 Å². The number of ketones is 1. The lowest BCUT2D eigenvalue weighted by Gasteiger charge is -2.05. The first kappa shape index (κ1) is 8.76. The Morgan fingerprint density at radius 2 is 2.15 bits per heavy atom. The molecule has 1 aliphatic rings. The Morgan fingerprint density at radius 3 is 2.85 bits per heavy atom. The molecule has 13 heavy (non-hydrogen) atoms. The molecule has 1 nitrogen and oxygen atoms in total. The van der Waals surface area contributed by atoms with Crippen molar-refractivity contribution in [3.63, 3.8) is 0 Å². The molecule has 1 aliphatic carbocycles. The largest absolute Gasteiger partial charge is 0.294 e. The van der Waals surface area contributed by atoms with Crippen molar-refractivity contribution in [3.05, 3.63) is 33.8 Å². The van der Waals surface area contributed by atoms with Gasteiger partial charge < -0.3 is 0 Å². The molecule has 0 bridgehead atoms. The zero-order valence-corrected chi connectivity index (χ0v) is 8.32. The summed E-state index contributed by atoms with van der Waals surface area (Å²) in [7, 11) is 0. The van der Waals surface area contributed by atoms with E-state index in [-0.39, 0.29) is 5.78 Å². The third-order valence-corrected chi connectivity index (χ3v) is 2.96. The lowest BCUT2D eigenvalue weighted by molar-refractivity contribution is 0.0994. The molecule has 0 aliphatic heterocycles. The van der Waals surface area contributed by atoms with Gasteiger partial charge in [-0.05, 0) is 30.0 Å². The lowest BCUT2D eigenvalue weighted by atomic mass is 10.0. The van der Waals surface area contributed by atoms with E-state index in [9.17, 15) is 4.79 Å². The van der Waals surface area contributed by atoms with Crippen LogP contribution in [0, 0.1) is 0 Å². The normalized spacial score (nSPS) is 14.8. The monoisotopic (exact) mass is 194 g/mol. The first-order chi connectivity index (χ1) is 6.24. The number of rotatable bonds is 1. The molecule has 0 radical (unpaired) electrons. The van der Waals surface area contributed by atoms with Gasteiger partial charge in [-0.25, -0.2) is 0 Å². The molecule has 0 saturated carbocycles. The second kappa shape index (κ2) is 3.15. The molecule has 0 heterocycles. The lowest BCUT2D eigenvalue weighted by Crippen LogP contribution is -1.98. The highest BCUT2D eigenvalue weighted by Gasteiger charge is 2.24. The van der Waals surface area contributed by atoms with Gasteiger partial charge in [-0.1, -0.05) is 24.6 Å². The number of aryl methyl sites for hydroxylation is 1. The van der Waals surface area contributed by atoms with Gasteiger partial charge in [0.15, 0.2) is 5.78 Å². The maximum absolute atomic E-state index is 11.5. The van der Waals surface area contributed by atoms with Crippen LogP contribution in [0.15, 0.2) is 12.1 Å². The Hall–Kier alpha value is -0.820. The molecule has 0 spiro atoms. The van der Waals surface area contributed by atoms with E-state index in [1.807, 2.05) is 12.1 Å². The van der Waals surface area contributed by atoms with Crippen LogP contribution in [-0.2, 0) is 12.8 Å². The SMILES string of the molecule is CCc1ccc(Cl)c2c1C(=O)CC2. The van der Waals surface area contributed by atoms with E-state index in [1.54, 1.807) is 0 Å². The summed E-state index contributed by atoms with van der Waals surface area (Å²) in [5, 5.41) is 0.748. The molecule has 1 aromatic rings. The quantitative estimate of drug-likeness (QED) is 0.672. The summed E-state index contributed by atoms with van der Waals surface area (Å²) in [4.78, 5) is 11.5. The van der Waals surface area contributed by atoms with E-state index < -0.39 is 0 Å². The molecule has 68 valence electrons. The van der Waals surface area contributed by atoms with Crippen LogP contribution in [0.5, 0.6) is 0 Å². The van der Waals surface area contributed by atoms with Crippen molar-refractivity contribution < 1.29 is 4.79 Å².